The number of nitrogens with zero attached hydrogens (tertiary/aromatic N) is 1. The molecule has 0 fully saturated rings. The second-order valence-electron chi connectivity index (χ2n) is 5.82. The van der Waals surface area contributed by atoms with Gasteiger partial charge in [-0.05, 0) is 42.3 Å². The highest BCUT2D eigenvalue weighted by molar-refractivity contribution is 6.17. The van der Waals surface area contributed by atoms with Crippen LogP contribution in [0.25, 0.3) is 17.0 Å². The highest BCUT2D eigenvalue weighted by Crippen LogP contribution is 2.28. The molecule has 3 rings (SSSR count). The van der Waals surface area contributed by atoms with Gasteiger partial charge < -0.3 is 14.6 Å². The van der Waals surface area contributed by atoms with Crippen LogP contribution in [0.2, 0.25) is 0 Å². The summed E-state index contributed by atoms with van der Waals surface area (Å²) in [5.74, 6) is 0.674. The molecule has 3 aromatic rings. The Balaban J connectivity index is 2.03. The van der Waals surface area contributed by atoms with Gasteiger partial charge in [-0.15, -0.1) is 0 Å². The third kappa shape index (κ3) is 3.37. The van der Waals surface area contributed by atoms with Crippen LogP contribution in [0.5, 0.6) is 17.4 Å². The molecule has 0 unspecified atom stereocenters. The number of fused-ring (bicyclic) bond motifs is 1. The summed E-state index contributed by atoms with van der Waals surface area (Å²) in [6.45, 7) is 1.74. The number of pyridine rings is 1. The third-order valence-electron chi connectivity index (χ3n) is 4.09. The number of methoxy groups -OCH3 is 2. The Hall–Kier alpha value is -3.34. The molecule has 0 aliphatic carbocycles. The number of carbonyl (C=O) groups is 1. The number of aromatic hydroxyl groups is 1. The summed E-state index contributed by atoms with van der Waals surface area (Å²) in [7, 11) is 3.01. The maximum Gasteiger partial charge on any atom is 0.214 e. The van der Waals surface area contributed by atoms with Crippen LogP contribution in [-0.4, -0.2) is 30.1 Å². The molecule has 0 amide bonds. The monoisotopic (exact) mass is 349 g/mol. The molecule has 1 heterocycles. The van der Waals surface area contributed by atoms with Gasteiger partial charge >= 0.3 is 0 Å². The summed E-state index contributed by atoms with van der Waals surface area (Å²) in [6.07, 6.45) is 1.73. The quantitative estimate of drug-likeness (QED) is 0.551. The highest BCUT2D eigenvalue weighted by atomic mass is 16.5. The van der Waals surface area contributed by atoms with Crippen molar-refractivity contribution >= 4 is 22.8 Å². The fourth-order valence-electron chi connectivity index (χ4n) is 2.77. The van der Waals surface area contributed by atoms with Crippen LogP contribution in [0.1, 0.15) is 22.8 Å². The van der Waals surface area contributed by atoms with Crippen molar-refractivity contribution in [2.75, 3.05) is 14.2 Å². The van der Waals surface area contributed by atoms with Crippen molar-refractivity contribution in [3.63, 3.8) is 0 Å². The molecule has 0 saturated carbocycles. The lowest BCUT2D eigenvalue weighted by Gasteiger charge is -2.09. The number of rotatable bonds is 5. The number of hydrogen-bond acceptors (Lipinski definition) is 5. The average molecular weight is 349 g/mol. The maximum absolute atomic E-state index is 13.0. The van der Waals surface area contributed by atoms with Gasteiger partial charge in [-0.1, -0.05) is 24.3 Å². The fraction of sp³-hybridized carbons (Fsp3) is 0.143. The summed E-state index contributed by atoms with van der Waals surface area (Å²) in [5, 5.41) is 10.7. The Kier molecular flexibility index (Phi) is 4.89. The van der Waals surface area contributed by atoms with Crippen LogP contribution in [0.3, 0.4) is 0 Å². The van der Waals surface area contributed by atoms with Crippen molar-refractivity contribution in [3.05, 3.63) is 65.2 Å². The van der Waals surface area contributed by atoms with Crippen LogP contribution < -0.4 is 9.47 Å². The molecule has 0 spiro atoms. The number of hydrogen-bond donors (Lipinski definition) is 1. The number of carbonyl (C=O) groups excluding carboxylic acids is 1. The van der Waals surface area contributed by atoms with Gasteiger partial charge in [-0.3, -0.25) is 4.79 Å². The van der Waals surface area contributed by atoms with Gasteiger partial charge in [0.1, 0.15) is 0 Å². The van der Waals surface area contributed by atoms with Crippen molar-refractivity contribution in [2.45, 2.75) is 6.92 Å². The molecule has 0 aliphatic rings. The number of para-hydroxylation sites is 1. The van der Waals surface area contributed by atoms with Crippen molar-refractivity contribution in [2.24, 2.45) is 0 Å². The lowest BCUT2D eigenvalue weighted by atomic mass is 9.99. The minimum absolute atomic E-state index is 0.0255. The largest absolute Gasteiger partial charge is 0.504 e. The zero-order valence-electron chi connectivity index (χ0n) is 14.8. The van der Waals surface area contributed by atoms with E-state index >= 15 is 0 Å². The Morgan fingerprint density at radius 1 is 1.08 bits per heavy atom. The van der Waals surface area contributed by atoms with Gasteiger partial charge in [-0.2, -0.15) is 0 Å². The number of ketones is 1. The van der Waals surface area contributed by atoms with Crippen molar-refractivity contribution in [3.8, 4) is 17.4 Å². The topological polar surface area (TPSA) is 68.7 Å². The average Bonchev–Trinajstić information content (AvgIpc) is 2.66. The molecule has 2 aromatic carbocycles. The van der Waals surface area contributed by atoms with E-state index in [0.717, 1.165) is 5.39 Å². The predicted molar refractivity (Wildman–Crippen MR) is 101 cm³/mol. The summed E-state index contributed by atoms with van der Waals surface area (Å²) in [4.78, 5) is 17.4. The van der Waals surface area contributed by atoms with Gasteiger partial charge in [0.2, 0.25) is 5.88 Å². The number of benzene rings is 2. The van der Waals surface area contributed by atoms with E-state index in [1.54, 1.807) is 37.3 Å². The van der Waals surface area contributed by atoms with Gasteiger partial charge in [0.15, 0.2) is 17.3 Å². The first-order chi connectivity index (χ1) is 12.5. The Morgan fingerprint density at radius 2 is 1.85 bits per heavy atom. The molecule has 5 nitrogen and oxygen atoms in total. The van der Waals surface area contributed by atoms with Crippen molar-refractivity contribution in [1.82, 2.24) is 4.98 Å². The Morgan fingerprint density at radius 3 is 2.54 bits per heavy atom. The van der Waals surface area contributed by atoms with Crippen molar-refractivity contribution in [1.29, 1.82) is 0 Å². The predicted octanol–water partition coefficient (Wildman–Crippen LogP) is 4.24. The molecule has 0 bridgehead atoms. The number of allylic oxidation sites excluding steroid dienone is 1. The van der Waals surface area contributed by atoms with Crippen molar-refractivity contribution < 1.29 is 19.4 Å². The molecular weight excluding hydrogens is 330 g/mol. The molecule has 5 heteroatoms. The van der Waals surface area contributed by atoms with E-state index in [4.69, 9.17) is 9.47 Å². The van der Waals surface area contributed by atoms with Crippen LogP contribution in [0.15, 0.2) is 54.1 Å². The van der Waals surface area contributed by atoms with Gasteiger partial charge in [0.25, 0.3) is 0 Å². The maximum atomic E-state index is 13.0. The van der Waals surface area contributed by atoms with Crippen LogP contribution >= 0.6 is 0 Å². The van der Waals surface area contributed by atoms with Crippen LogP contribution in [-0.2, 0) is 0 Å². The standard InChI is InChI=1S/C21H19NO4/c1-13(10-14-8-9-19(25-2)18(23)11-14)21(24)16-12-20(26-3)22-17-7-5-4-6-15(16)17/h4-12,23H,1-3H3/b13-10+. The molecule has 0 aliphatic heterocycles. The minimum atomic E-state index is -0.128. The number of phenols is 1. The number of aromatic nitrogens is 1. The molecule has 1 N–H and O–H groups in total. The summed E-state index contributed by atoms with van der Waals surface area (Å²) < 4.78 is 10.3. The van der Waals surface area contributed by atoms with Crippen LogP contribution in [0.4, 0.5) is 0 Å². The summed E-state index contributed by atoms with van der Waals surface area (Å²) in [6, 6.07) is 14.1. The molecule has 26 heavy (non-hydrogen) atoms. The number of Topliss-reactive ketones (excluding diaryl/α,β-unsaturated/α-hetero) is 1. The lowest BCUT2D eigenvalue weighted by molar-refractivity contribution is 0.103. The third-order valence-corrected chi connectivity index (χ3v) is 4.09. The summed E-state index contributed by atoms with van der Waals surface area (Å²) in [5.41, 5.74) is 2.47. The van der Waals surface area contributed by atoms with E-state index in [1.807, 2.05) is 24.3 Å². The molecule has 1 aromatic heterocycles. The Bertz CT molecular complexity index is 1010. The molecule has 0 saturated heterocycles. The van der Waals surface area contributed by atoms with Gasteiger partial charge in [0, 0.05) is 17.0 Å². The first-order valence-corrected chi connectivity index (χ1v) is 8.07. The minimum Gasteiger partial charge on any atom is -0.504 e. The summed E-state index contributed by atoms with van der Waals surface area (Å²) >= 11 is 0. The molecule has 0 radical (unpaired) electrons. The highest BCUT2D eigenvalue weighted by Gasteiger charge is 2.15. The van der Waals surface area contributed by atoms with E-state index in [2.05, 4.69) is 4.98 Å². The Labute approximate surface area is 151 Å². The van der Waals surface area contributed by atoms with E-state index in [-0.39, 0.29) is 11.5 Å². The van der Waals surface area contributed by atoms with Crippen LogP contribution in [0, 0.1) is 0 Å². The number of phenolic OH excluding ortho intramolecular Hbond substituents is 1. The smallest absolute Gasteiger partial charge is 0.214 e. The second kappa shape index (κ2) is 7.27. The molecule has 0 atom stereocenters. The van der Waals surface area contributed by atoms with E-state index in [0.29, 0.717) is 33.8 Å². The van der Waals surface area contributed by atoms with E-state index < -0.39 is 0 Å². The van der Waals surface area contributed by atoms with Gasteiger partial charge in [-0.25, -0.2) is 4.98 Å². The second-order valence-corrected chi connectivity index (χ2v) is 5.82. The SMILES string of the molecule is COc1cc(C(=O)/C(C)=C/c2ccc(OC)c(O)c2)c2ccccc2n1. The normalized spacial score (nSPS) is 11.4. The number of ether oxygens (including phenoxy) is 2. The fourth-order valence-corrected chi connectivity index (χ4v) is 2.77. The zero-order chi connectivity index (χ0) is 18.7. The zero-order valence-corrected chi connectivity index (χ0v) is 14.8. The van der Waals surface area contributed by atoms with E-state index in [1.165, 1.54) is 14.2 Å². The molecule has 132 valence electrons. The molecular formula is C21H19NO4. The van der Waals surface area contributed by atoms with Gasteiger partial charge in [0.05, 0.1) is 19.7 Å². The van der Waals surface area contributed by atoms with E-state index in [9.17, 15) is 9.90 Å². The lowest BCUT2D eigenvalue weighted by Crippen LogP contribution is -2.03. The first kappa shape index (κ1) is 17.5. The first-order valence-electron chi connectivity index (χ1n) is 8.07.